The summed E-state index contributed by atoms with van der Waals surface area (Å²) in [7, 11) is 0. The van der Waals surface area contributed by atoms with E-state index in [9.17, 15) is 9.59 Å². The van der Waals surface area contributed by atoms with Gasteiger partial charge in [-0.1, -0.05) is 97.1 Å². The van der Waals surface area contributed by atoms with Crippen LogP contribution in [-0.2, 0) is 0 Å². The van der Waals surface area contributed by atoms with Crippen LogP contribution in [0.5, 0.6) is 0 Å². The van der Waals surface area contributed by atoms with Gasteiger partial charge < -0.3 is 15.6 Å². The molecule has 5 aromatic rings. The molecular formula is C33H31N3O2. The second-order valence-corrected chi connectivity index (χ2v) is 9.35. The first-order valence-corrected chi connectivity index (χ1v) is 13.0. The third-order valence-electron chi connectivity index (χ3n) is 6.89. The monoisotopic (exact) mass is 501 g/mol. The lowest BCUT2D eigenvalue weighted by atomic mass is 9.84. The van der Waals surface area contributed by atoms with Gasteiger partial charge in [0, 0.05) is 47.2 Å². The van der Waals surface area contributed by atoms with Crippen LogP contribution < -0.4 is 10.6 Å². The number of Topliss-reactive ketones (excluding diaryl/α,β-unsaturated/α-hetero) is 1. The number of aromatic amines is 1. The van der Waals surface area contributed by atoms with Crippen LogP contribution >= 0.6 is 0 Å². The van der Waals surface area contributed by atoms with E-state index >= 15 is 0 Å². The highest BCUT2D eigenvalue weighted by Crippen LogP contribution is 2.30. The van der Waals surface area contributed by atoms with E-state index in [1.807, 2.05) is 97.2 Å². The highest BCUT2D eigenvalue weighted by atomic mass is 16.1. The van der Waals surface area contributed by atoms with E-state index in [1.54, 1.807) is 0 Å². The predicted molar refractivity (Wildman–Crippen MR) is 153 cm³/mol. The van der Waals surface area contributed by atoms with Crippen LogP contribution in [-0.4, -0.2) is 35.8 Å². The Labute approximate surface area is 222 Å². The van der Waals surface area contributed by atoms with E-state index in [2.05, 4.69) is 39.9 Å². The highest BCUT2D eigenvalue weighted by molar-refractivity contribution is 6.06. The number of benzene rings is 4. The largest absolute Gasteiger partial charge is 0.361 e. The molecule has 0 bridgehead atoms. The molecule has 0 aliphatic heterocycles. The molecule has 0 aliphatic carbocycles. The van der Waals surface area contributed by atoms with Crippen molar-refractivity contribution in [2.24, 2.45) is 0 Å². The van der Waals surface area contributed by atoms with Crippen LogP contribution in [0, 0.1) is 0 Å². The quantitative estimate of drug-likeness (QED) is 0.154. The summed E-state index contributed by atoms with van der Waals surface area (Å²) in [6, 6.07) is 37.1. The minimum absolute atomic E-state index is 0.0448. The van der Waals surface area contributed by atoms with E-state index in [0.717, 1.165) is 10.9 Å². The smallest absolute Gasteiger partial charge is 0.252 e. The van der Waals surface area contributed by atoms with Crippen molar-refractivity contribution in [3.63, 3.8) is 0 Å². The fourth-order valence-electron chi connectivity index (χ4n) is 4.96. The highest BCUT2D eigenvalue weighted by Gasteiger charge is 2.26. The van der Waals surface area contributed by atoms with Gasteiger partial charge in [0.1, 0.15) is 0 Å². The lowest BCUT2D eigenvalue weighted by Crippen LogP contribution is -2.42. The van der Waals surface area contributed by atoms with Crippen LogP contribution in [0.3, 0.4) is 0 Å². The van der Waals surface area contributed by atoms with Gasteiger partial charge in [-0.3, -0.25) is 9.59 Å². The van der Waals surface area contributed by atoms with Crippen molar-refractivity contribution in [1.82, 2.24) is 15.6 Å². The van der Waals surface area contributed by atoms with Crippen LogP contribution in [0.4, 0.5) is 0 Å². The normalized spacial score (nSPS) is 11.9. The Morgan fingerprint density at radius 2 is 1.32 bits per heavy atom. The number of hydrogen-bond acceptors (Lipinski definition) is 3. The Kier molecular flexibility index (Phi) is 8.07. The summed E-state index contributed by atoms with van der Waals surface area (Å²) in [4.78, 5) is 29.7. The van der Waals surface area contributed by atoms with Crippen molar-refractivity contribution < 1.29 is 9.59 Å². The third-order valence-corrected chi connectivity index (χ3v) is 6.89. The van der Waals surface area contributed by atoms with Gasteiger partial charge in [0.2, 0.25) is 0 Å². The molecule has 1 heterocycles. The van der Waals surface area contributed by atoms with Crippen LogP contribution in [0.15, 0.2) is 121 Å². The van der Waals surface area contributed by atoms with Crippen molar-refractivity contribution in [2.75, 3.05) is 13.1 Å². The fourth-order valence-corrected chi connectivity index (χ4v) is 4.96. The molecule has 190 valence electrons. The van der Waals surface area contributed by atoms with Gasteiger partial charge in [0.05, 0.1) is 6.04 Å². The van der Waals surface area contributed by atoms with Gasteiger partial charge >= 0.3 is 0 Å². The van der Waals surface area contributed by atoms with Gasteiger partial charge in [-0.25, -0.2) is 0 Å². The van der Waals surface area contributed by atoms with Crippen molar-refractivity contribution in [2.45, 2.75) is 18.4 Å². The standard InChI is InChI=1S/C33H31N3O2/c37-32(26-15-8-3-9-16-26)31(23-29(24-11-4-1-5-12-24)25-13-6-2-7-14-25)35-21-22-36-33(38)28-17-10-18-30-27(28)19-20-34-30/h1-20,29,31,34-35H,21-23H2,(H,36,38). The van der Waals surface area contributed by atoms with Crippen molar-refractivity contribution in [1.29, 1.82) is 0 Å². The Bertz CT molecular complexity index is 1440. The molecule has 1 amide bonds. The number of aromatic nitrogens is 1. The van der Waals surface area contributed by atoms with E-state index in [0.29, 0.717) is 30.6 Å². The Morgan fingerprint density at radius 1 is 0.684 bits per heavy atom. The first-order chi connectivity index (χ1) is 18.7. The predicted octanol–water partition coefficient (Wildman–Crippen LogP) is 5.96. The molecular weight excluding hydrogens is 470 g/mol. The summed E-state index contributed by atoms with van der Waals surface area (Å²) in [6.45, 7) is 0.869. The SMILES string of the molecule is O=C(NCCNC(CC(c1ccccc1)c1ccccc1)C(=O)c1ccccc1)c1cccc2[nH]ccc12. The zero-order valence-electron chi connectivity index (χ0n) is 21.1. The fraction of sp³-hybridized carbons (Fsp3) is 0.152. The number of carbonyl (C=O) groups is 2. The van der Waals surface area contributed by atoms with Gasteiger partial charge in [0.15, 0.2) is 5.78 Å². The lowest BCUT2D eigenvalue weighted by molar-refractivity contribution is 0.0935. The van der Waals surface area contributed by atoms with Crippen molar-refractivity contribution >= 4 is 22.6 Å². The molecule has 38 heavy (non-hydrogen) atoms. The number of hydrogen-bond donors (Lipinski definition) is 3. The molecule has 1 unspecified atom stereocenters. The summed E-state index contributed by atoms with van der Waals surface area (Å²) in [5.74, 6) is -0.0383. The average molecular weight is 502 g/mol. The summed E-state index contributed by atoms with van der Waals surface area (Å²) in [6.07, 6.45) is 2.43. The lowest BCUT2D eigenvalue weighted by Gasteiger charge is -2.25. The first kappa shape index (κ1) is 25.2. The van der Waals surface area contributed by atoms with Crippen LogP contribution in [0.25, 0.3) is 10.9 Å². The number of H-pyrrole nitrogens is 1. The topological polar surface area (TPSA) is 74.0 Å². The molecule has 0 fully saturated rings. The average Bonchev–Trinajstić information content (AvgIpc) is 3.47. The molecule has 0 saturated heterocycles. The van der Waals surface area contributed by atoms with Gasteiger partial charge in [0.25, 0.3) is 5.91 Å². The van der Waals surface area contributed by atoms with Crippen molar-refractivity contribution in [3.8, 4) is 0 Å². The minimum atomic E-state index is -0.423. The van der Waals surface area contributed by atoms with Gasteiger partial charge in [-0.15, -0.1) is 0 Å². The molecule has 4 aromatic carbocycles. The second-order valence-electron chi connectivity index (χ2n) is 9.35. The Hall–Kier alpha value is -4.48. The second kappa shape index (κ2) is 12.2. The zero-order chi connectivity index (χ0) is 26.2. The van der Waals surface area contributed by atoms with Crippen LogP contribution in [0.1, 0.15) is 44.2 Å². The Morgan fingerprint density at radius 3 is 1.97 bits per heavy atom. The third kappa shape index (κ3) is 5.90. The maximum absolute atomic E-state index is 13.7. The number of amides is 1. The van der Waals surface area contributed by atoms with Crippen molar-refractivity contribution in [3.05, 3.63) is 144 Å². The molecule has 0 spiro atoms. The molecule has 1 aromatic heterocycles. The molecule has 0 radical (unpaired) electrons. The number of fused-ring (bicyclic) bond motifs is 1. The van der Waals surface area contributed by atoms with Gasteiger partial charge in [-0.05, 0) is 35.7 Å². The molecule has 5 heteroatoms. The van der Waals surface area contributed by atoms with E-state index in [-0.39, 0.29) is 17.6 Å². The van der Waals surface area contributed by atoms with Gasteiger partial charge in [-0.2, -0.15) is 0 Å². The summed E-state index contributed by atoms with van der Waals surface area (Å²) in [5, 5.41) is 7.35. The summed E-state index contributed by atoms with van der Waals surface area (Å²) < 4.78 is 0. The number of rotatable bonds is 11. The maximum atomic E-state index is 13.7. The number of ketones is 1. The first-order valence-electron chi connectivity index (χ1n) is 13.0. The molecule has 5 nitrogen and oxygen atoms in total. The van der Waals surface area contributed by atoms with Crippen LogP contribution in [0.2, 0.25) is 0 Å². The summed E-state index contributed by atoms with van der Waals surface area (Å²) >= 11 is 0. The number of nitrogens with one attached hydrogen (secondary N) is 3. The molecule has 3 N–H and O–H groups in total. The maximum Gasteiger partial charge on any atom is 0.252 e. The Balaban J connectivity index is 1.32. The summed E-state index contributed by atoms with van der Waals surface area (Å²) in [5.41, 5.74) is 4.57. The number of carbonyl (C=O) groups excluding carboxylic acids is 2. The van der Waals surface area contributed by atoms with E-state index in [4.69, 9.17) is 0 Å². The molecule has 0 aliphatic rings. The molecule has 0 saturated carbocycles. The van der Waals surface area contributed by atoms with E-state index in [1.165, 1.54) is 11.1 Å². The van der Waals surface area contributed by atoms with E-state index < -0.39 is 6.04 Å². The minimum Gasteiger partial charge on any atom is -0.361 e. The molecule has 5 rings (SSSR count). The molecule has 1 atom stereocenters. The zero-order valence-corrected chi connectivity index (χ0v) is 21.1.